The van der Waals surface area contributed by atoms with Gasteiger partial charge >= 0.3 is 0 Å². The maximum absolute atomic E-state index is 13.1. The Labute approximate surface area is 207 Å². The largest absolute Gasteiger partial charge is 0.496 e. The molecule has 0 spiro atoms. The summed E-state index contributed by atoms with van der Waals surface area (Å²) in [6, 6.07) is 17.9. The van der Waals surface area contributed by atoms with E-state index in [0.717, 1.165) is 5.56 Å². The molecule has 0 bridgehead atoms. The van der Waals surface area contributed by atoms with Gasteiger partial charge in [-0.1, -0.05) is 41.4 Å². The summed E-state index contributed by atoms with van der Waals surface area (Å²) in [5.74, 6) is 0.937. The van der Waals surface area contributed by atoms with E-state index in [1.54, 1.807) is 38.5 Å². The van der Waals surface area contributed by atoms with Crippen LogP contribution in [0.3, 0.4) is 0 Å². The molecule has 172 valence electrons. The molecule has 4 rings (SSSR count). The van der Waals surface area contributed by atoms with Gasteiger partial charge < -0.3 is 9.47 Å². The SMILES string of the molecule is COc1ccc(/C=N\NC(=O)c2cc(-c3ccc(Cl)cc3Cl)nc3ccccc23)c(OC)c1C. The zero-order valence-corrected chi connectivity index (χ0v) is 20.2. The lowest BCUT2D eigenvalue weighted by molar-refractivity contribution is 0.0956. The average molecular weight is 494 g/mol. The van der Waals surface area contributed by atoms with Crippen LogP contribution in [0.1, 0.15) is 21.5 Å². The van der Waals surface area contributed by atoms with E-state index in [-0.39, 0.29) is 5.91 Å². The molecule has 0 radical (unpaired) electrons. The third-order valence-electron chi connectivity index (χ3n) is 5.35. The van der Waals surface area contributed by atoms with E-state index in [9.17, 15) is 4.79 Å². The molecule has 0 atom stereocenters. The van der Waals surface area contributed by atoms with E-state index in [1.807, 2.05) is 43.3 Å². The van der Waals surface area contributed by atoms with Crippen LogP contribution in [0.4, 0.5) is 0 Å². The van der Waals surface area contributed by atoms with E-state index in [0.29, 0.717) is 54.8 Å². The molecule has 34 heavy (non-hydrogen) atoms. The van der Waals surface area contributed by atoms with E-state index in [2.05, 4.69) is 15.5 Å². The molecule has 0 unspecified atom stereocenters. The van der Waals surface area contributed by atoms with Crippen LogP contribution in [-0.2, 0) is 0 Å². The highest BCUT2D eigenvalue weighted by Gasteiger charge is 2.16. The van der Waals surface area contributed by atoms with Gasteiger partial charge in [-0.2, -0.15) is 5.10 Å². The summed E-state index contributed by atoms with van der Waals surface area (Å²) in [7, 11) is 3.17. The lowest BCUT2D eigenvalue weighted by Crippen LogP contribution is -2.18. The van der Waals surface area contributed by atoms with Crippen molar-refractivity contribution in [1.29, 1.82) is 0 Å². The molecule has 6 nitrogen and oxygen atoms in total. The van der Waals surface area contributed by atoms with Crippen molar-refractivity contribution in [3.8, 4) is 22.8 Å². The van der Waals surface area contributed by atoms with Gasteiger partial charge in [-0.15, -0.1) is 0 Å². The zero-order valence-electron chi connectivity index (χ0n) is 18.7. The normalized spacial score (nSPS) is 11.1. The van der Waals surface area contributed by atoms with Crippen LogP contribution in [0.25, 0.3) is 22.2 Å². The number of hydrazone groups is 1. The Morgan fingerprint density at radius 3 is 2.56 bits per heavy atom. The van der Waals surface area contributed by atoms with Gasteiger partial charge in [0.15, 0.2) is 0 Å². The van der Waals surface area contributed by atoms with E-state index in [4.69, 9.17) is 32.7 Å². The van der Waals surface area contributed by atoms with Gasteiger partial charge in [-0.05, 0) is 49.4 Å². The molecule has 1 N–H and O–H groups in total. The molecule has 4 aromatic rings. The number of benzene rings is 3. The van der Waals surface area contributed by atoms with Gasteiger partial charge in [0.25, 0.3) is 5.91 Å². The van der Waals surface area contributed by atoms with Gasteiger partial charge in [-0.3, -0.25) is 4.79 Å². The van der Waals surface area contributed by atoms with Crippen molar-refractivity contribution >= 4 is 46.2 Å². The average Bonchev–Trinajstić information content (AvgIpc) is 2.83. The first-order valence-electron chi connectivity index (χ1n) is 10.3. The van der Waals surface area contributed by atoms with E-state index in [1.165, 1.54) is 6.21 Å². The number of ether oxygens (including phenoxy) is 2. The summed E-state index contributed by atoms with van der Waals surface area (Å²) in [6.07, 6.45) is 1.53. The first-order chi connectivity index (χ1) is 16.4. The molecule has 0 saturated heterocycles. The number of hydrogen-bond acceptors (Lipinski definition) is 5. The van der Waals surface area contributed by atoms with Gasteiger partial charge in [0.2, 0.25) is 0 Å². The monoisotopic (exact) mass is 493 g/mol. The molecular weight excluding hydrogens is 473 g/mol. The number of aromatic nitrogens is 1. The first kappa shape index (κ1) is 23.5. The smallest absolute Gasteiger partial charge is 0.272 e. The lowest BCUT2D eigenvalue weighted by atomic mass is 10.0. The zero-order chi connectivity index (χ0) is 24.2. The predicted molar refractivity (Wildman–Crippen MR) is 137 cm³/mol. The quantitative estimate of drug-likeness (QED) is 0.252. The number of hydrogen-bond donors (Lipinski definition) is 1. The number of fused-ring (bicyclic) bond motifs is 1. The predicted octanol–water partition coefficient (Wildman–Crippen LogP) is 6.30. The molecule has 0 aliphatic rings. The van der Waals surface area contributed by atoms with Crippen LogP contribution in [0.2, 0.25) is 10.0 Å². The van der Waals surface area contributed by atoms with Crippen LogP contribution >= 0.6 is 23.2 Å². The topological polar surface area (TPSA) is 72.8 Å². The number of rotatable bonds is 6. The van der Waals surface area contributed by atoms with Crippen LogP contribution < -0.4 is 14.9 Å². The molecular formula is C26H21Cl2N3O3. The summed E-state index contributed by atoms with van der Waals surface area (Å²) in [5.41, 5.74) is 6.45. The van der Waals surface area contributed by atoms with Crippen molar-refractivity contribution in [3.05, 3.63) is 87.4 Å². The van der Waals surface area contributed by atoms with Crippen molar-refractivity contribution in [2.24, 2.45) is 5.10 Å². The van der Waals surface area contributed by atoms with Crippen molar-refractivity contribution in [1.82, 2.24) is 10.4 Å². The second-order valence-corrected chi connectivity index (χ2v) is 8.25. The molecule has 0 saturated carbocycles. The number of nitrogens with one attached hydrogen (secondary N) is 1. The Morgan fingerprint density at radius 1 is 1.03 bits per heavy atom. The standard InChI is InChI=1S/C26H21Cl2N3O3/c1-15-24(33-2)11-8-16(25(15)34-3)14-29-31-26(32)20-13-23(19-10-9-17(27)12-21(19)28)30-22-7-5-4-6-18(20)22/h4-14H,1-3H3,(H,31,32)/b29-14-. The number of pyridine rings is 1. The molecule has 1 heterocycles. The molecule has 0 fully saturated rings. The van der Waals surface area contributed by atoms with E-state index < -0.39 is 0 Å². The second kappa shape index (κ2) is 10.1. The summed E-state index contributed by atoms with van der Waals surface area (Å²) >= 11 is 12.4. The van der Waals surface area contributed by atoms with Gasteiger partial charge in [0, 0.05) is 27.1 Å². The number of carbonyl (C=O) groups excluding carboxylic acids is 1. The number of carbonyl (C=O) groups is 1. The maximum Gasteiger partial charge on any atom is 0.272 e. The Morgan fingerprint density at radius 2 is 1.82 bits per heavy atom. The summed E-state index contributed by atoms with van der Waals surface area (Å²) in [6.45, 7) is 1.89. The Balaban J connectivity index is 1.68. The minimum Gasteiger partial charge on any atom is -0.496 e. The van der Waals surface area contributed by atoms with E-state index >= 15 is 0 Å². The van der Waals surface area contributed by atoms with Crippen LogP contribution in [-0.4, -0.2) is 31.3 Å². The molecule has 1 aromatic heterocycles. The fraction of sp³-hybridized carbons (Fsp3) is 0.115. The van der Waals surface area contributed by atoms with Crippen LogP contribution in [0, 0.1) is 6.92 Å². The fourth-order valence-electron chi connectivity index (χ4n) is 3.71. The summed E-state index contributed by atoms with van der Waals surface area (Å²) in [4.78, 5) is 17.8. The highest BCUT2D eigenvalue weighted by Crippen LogP contribution is 2.32. The number of halogens is 2. The molecule has 8 heteroatoms. The van der Waals surface area contributed by atoms with Gasteiger partial charge in [-0.25, -0.2) is 10.4 Å². The summed E-state index contributed by atoms with van der Waals surface area (Å²) in [5, 5.41) is 5.81. The second-order valence-electron chi connectivity index (χ2n) is 7.41. The minimum atomic E-state index is -0.384. The Bertz CT molecular complexity index is 1420. The summed E-state index contributed by atoms with van der Waals surface area (Å²) < 4.78 is 10.8. The van der Waals surface area contributed by atoms with Crippen molar-refractivity contribution in [2.75, 3.05) is 14.2 Å². The third kappa shape index (κ3) is 4.69. The van der Waals surface area contributed by atoms with Crippen molar-refractivity contribution in [2.45, 2.75) is 6.92 Å². The first-order valence-corrected chi connectivity index (χ1v) is 11.1. The Hall–Kier alpha value is -3.61. The highest BCUT2D eigenvalue weighted by atomic mass is 35.5. The number of amides is 1. The van der Waals surface area contributed by atoms with Gasteiger partial charge in [0.1, 0.15) is 11.5 Å². The Kier molecular flexibility index (Phi) is 7.01. The molecule has 3 aromatic carbocycles. The molecule has 0 aliphatic carbocycles. The van der Waals surface area contributed by atoms with Crippen LogP contribution in [0.5, 0.6) is 11.5 Å². The molecule has 1 amide bonds. The third-order valence-corrected chi connectivity index (χ3v) is 5.90. The fourth-order valence-corrected chi connectivity index (χ4v) is 4.21. The van der Waals surface area contributed by atoms with Crippen molar-refractivity contribution < 1.29 is 14.3 Å². The highest BCUT2D eigenvalue weighted by molar-refractivity contribution is 6.36. The molecule has 0 aliphatic heterocycles. The minimum absolute atomic E-state index is 0.384. The van der Waals surface area contributed by atoms with Gasteiger partial charge in [0.05, 0.1) is 42.2 Å². The maximum atomic E-state index is 13.1. The number of para-hydroxylation sites is 1. The van der Waals surface area contributed by atoms with Crippen molar-refractivity contribution in [3.63, 3.8) is 0 Å². The lowest BCUT2D eigenvalue weighted by Gasteiger charge is -2.12. The number of methoxy groups -OCH3 is 2. The number of nitrogens with zero attached hydrogens (tertiary/aromatic N) is 2. The van der Waals surface area contributed by atoms with Crippen LogP contribution in [0.15, 0.2) is 65.8 Å².